The SMILES string of the molecule is CN(C)C(=O)c1ccc(N2CCCCC2CCO)nc1. The third kappa shape index (κ3) is 3.28. The second kappa shape index (κ2) is 6.70. The average molecular weight is 277 g/mol. The fourth-order valence-electron chi connectivity index (χ4n) is 2.69. The van der Waals surface area contributed by atoms with E-state index in [1.54, 1.807) is 25.2 Å². The molecule has 1 aliphatic heterocycles. The first-order chi connectivity index (χ1) is 9.63. The van der Waals surface area contributed by atoms with Crippen LogP contribution in [0.15, 0.2) is 18.3 Å². The molecule has 0 bridgehead atoms. The first kappa shape index (κ1) is 14.8. The first-order valence-electron chi connectivity index (χ1n) is 7.18. The third-order valence-electron chi connectivity index (χ3n) is 3.78. The second-order valence-electron chi connectivity index (χ2n) is 5.46. The molecule has 1 aromatic rings. The molecule has 0 spiro atoms. The minimum Gasteiger partial charge on any atom is -0.396 e. The van der Waals surface area contributed by atoms with E-state index in [1.165, 1.54) is 6.42 Å². The van der Waals surface area contributed by atoms with Crippen molar-refractivity contribution >= 4 is 11.7 Å². The number of nitrogens with zero attached hydrogens (tertiary/aromatic N) is 3. The molecule has 1 saturated heterocycles. The quantitative estimate of drug-likeness (QED) is 0.906. The Morgan fingerprint density at radius 2 is 2.25 bits per heavy atom. The number of carbonyl (C=O) groups excluding carboxylic acids is 1. The molecule has 1 aliphatic rings. The number of aliphatic hydroxyl groups excluding tert-OH is 1. The number of anilines is 1. The summed E-state index contributed by atoms with van der Waals surface area (Å²) in [5.74, 6) is 0.869. The number of pyridine rings is 1. The lowest BCUT2D eigenvalue weighted by Crippen LogP contribution is -2.40. The van der Waals surface area contributed by atoms with Crippen molar-refractivity contribution in [2.24, 2.45) is 0 Å². The minimum absolute atomic E-state index is 0.0328. The van der Waals surface area contributed by atoms with Crippen molar-refractivity contribution < 1.29 is 9.90 Å². The highest BCUT2D eigenvalue weighted by atomic mass is 16.3. The smallest absolute Gasteiger partial charge is 0.254 e. The molecule has 2 heterocycles. The third-order valence-corrected chi connectivity index (χ3v) is 3.78. The van der Waals surface area contributed by atoms with E-state index < -0.39 is 0 Å². The van der Waals surface area contributed by atoms with Crippen LogP contribution in [0.1, 0.15) is 36.0 Å². The van der Waals surface area contributed by atoms with Crippen molar-refractivity contribution in [3.8, 4) is 0 Å². The molecule has 20 heavy (non-hydrogen) atoms. The molecule has 110 valence electrons. The van der Waals surface area contributed by atoms with Crippen molar-refractivity contribution in [2.75, 3.05) is 32.1 Å². The van der Waals surface area contributed by atoms with E-state index in [-0.39, 0.29) is 12.5 Å². The van der Waals surface area contributed by atoms with Gasteiger partial charge in [-0.3, -0.25) is 4.79 Å². The van der Waals surface area contributed by atoms with Gasteiger partial charge in [0, 0.05) is 39.5 Å². The van der Waals surface area contributed by atoms with Gasteiger partial charge in [-0.2, -0.15) is 0 Å². The number of carbonyl (C=O) groups is 1. The van der Waals surface area contributed by atoms with Gasteiger partial charge in [0.25, 0.3) is 5.91 Å². The van der Waals surface area contributed by atoms with Gasteiger partial charge in [-0.1, -0.05) is 0 Å². The minimum atomic E-state index is -0.0328. The van der Waals surface area contributed by atoms with Crippen LogP contribution >= 0.6 is 0 Å². The van der Waals surface area contributed by atoms with Gasteiger partial charge < -0.3 is 14.9 Å². The van der Waals surface area contributed by atoms with Gasteiger partial charge in [0.2, 0.25) is 0 Å². The van der Waals surface area contributed by atoms with E-state index in [9.17, 15) is 4.79 Å². The number of rotatable bonds is 4. The molecule has 0 saturated carbocycles. The molecule has 1 atom stereocenters. The van der Waals surface area contributed by atoms with Crippen molar-refractivity contribution in [1.29, 1.82) is 0 Å². The molecule has 0 aromatic carbocycles. The van der Waals surface area contributed by atoms with Crippen LogP contribution in [0, 0.1) is 0 Å². The van der Waals surface area contributed by atoms with Crippen LogP contribution in [-0.4, -0.2) is 54.2 Å². The van der Waals surface area contributed by atoms with Crippen molar-refractivity contribution in [3.63, 3.8) is 0 Å². The number of hydrogen-bond donors (Lipinski definition) is 1. The maximum Gasteiger partial charge on any atom is 0.254 e. The zero-order valence-corrected chi connectivity index (χ0v) is 12.2. The highest BCUT2D eigenvalue weighted by Crippen LogP contribution is 2.25. The Morgan fingerprint density at radius 3 is 2.85 bits per heavy atom. The normalized spacial score (nSPS) is 18.9. The van der Waals surface area contributed by atoms with E-state index in [1.807, 2.05) is 12.1 Å². The molecule has 1 amide bonds. The average Bonchev–Trinajstić information content (AvgIpc) is 2.47. The van der Waals surface area contributed by atoms with Gasteiger partial charge in [-0.15, -0.1) is 0 Å². The van der Waals surface area contributed by atoms with E-state index >= 15 is 0 Å². The Bertz CT molecular complexity index is 443. The number of aromatic nitrogens is 1. The van der Waals surface area contributed by atoms with Crippen LogP contribution in [0.5, 0.6) is 0 Å². The lowest BCUT2D eigenvalue weighted by molar-refractivity contribution is 0.0827. The Hall–Kier alpha value is -1.62. The van der Waals surface area contributed by atoms with Gasteiger partial charge in [0.15, 0.2) is 0 Å². The summed E-state index contributed by atoms with van der Waals surface area (Å²) in [6, 6.07) is 4.10. The summed E-state index contributed by atoms with van der Waals surface area (Å²) in [6.45, 7) is 1.18. The van der Waals surface area contributed by atoms with E-state index in [0.29, 0.717) is 11.6 Å². The summed E-state index contributed by atoms with van der Waals surface area (Å²) in [5.41, 5.74) is 0.606. The van der Waals surface area contributed by atoms with Crippen LogP contribution < -0.4 is 4.90 Å². The second-order valence-corrected chi connectivity index (χ2v) is 5.46. The predicted octanol–water partition coefficient (Wildman–Crippen LogP) is 1.52. The van der Waals surface area contributed by atoms with Crippen molar-refractivity contribution in [2.45, 2.75) is 31.7 Å². The van der Waals surface area contributed by atoms with Crippen LogP contribution in [-0.2, 0) is 0 Å². The molecule has 0 aliphatic carbocycles. The van der Waals surface area contributed by atoms with Gasteiger partial charge in [-0.05, 0) is 37.8 Å². The number of piperidine rings is 1. The maximum absolute atomic E-state index is 11.8. The number of aliphatic hydroxyl groups is 1. The molecular weight excluding hydrogens is 254 g/mol. The molecule has 2 rings (SSSR count). The highest BCUT2D eigenvalue weighted by molar-refractivity contribution is 5.93. The van der Waals surface area contributed by atoms with Gasteiger partial charge in [0.1, 0.15) is 5.82 Å². The van der Waals surface area contributed by atoms with Gasteiger partial charge >= 0.3 is 0 Å². The Labute approximate surface area is 120 Å². The first-order valence-corrected chi connectivity index (χ1v) is 7.18. The van der Waals surface area contributed by atoms with Crippen molar-refractivity contribution in [1.82, 2.24) is 9.88 Å². The Balaban J connectivity index is 2.13. The Kier molecular flexibility index (Phi) is 4.95. The molecule has 1 N–H and O–H groups in total. The predicted molar refractivity (Wildman–Crippen MR) is 78.9 cm³/mol. The molecule has 5 heteroatoms. The van der Waals surface area contributed by atoms with Gasteiger partial charge in [-0.25, -0.2) is 4.98 Å². The van der Waals surface area contributed by atoms with Crippen LogP contribution in [0.4, 0.5) is 5.82 Å². The Morgan fingerprint density at radius 1 is 1.45 bits per heavy atom. The number of amides is 1. The zero-order chi connectivity index (χ0) is 14.5. The lowest BCUT2D eigenvalue weighted by atomic mass is 9.99. The highest BCUT2D eigenvalue weighted by Gasteiger charge is 2.23. The fourth-order valence-corrected chi connectivity index (χ4v) is 2.69. The summed E-state index contributed by atoms with van der Waals surface area (Å²) in [5, 5.41) is 9.16. The van der Waals surface area contributed by atoms with Crippen LogP contribution in [0.3, 0.4) is 0 Å². The molecule has 1 unspecified atom stereocenters. The molecule has 1 aromatic heterocycles. The van der Waals surface area contributed by atoms with Crippen molar-refractivity contribution in [3.05, 3.63) is 23.9 Å². The number of hydrogen-bond acceptors (Lipinski definition) is 4. The molecule has 0 radical (unpaired) electrons. The summed E-state index contributed by atoms with van der Waals surface area (Å²) in [6.07, 6.45) is 5.88. The summed E-state index contributed by atoms with van der Waals surface area (Å²) < 4.78 is 0. The summed E-state index contributed by atoms with van der Waals surface area (Å²) in [7, 11) is 3.47. The maximum atomic E-state index is 11.8. The molecule has 1 fully saturated rings. The molecular formula is C15H23N3O2. The molecule has 5 nitrogen and oxygen atoms in total. The van der Waals surface area contributed by atoms with E-state index in [4.69, 9.17) is 5.11 Å². The zero-order valence-electron chi connectivity index (χ0n) is 12.2. The standard InChI is InChI=1S/C15H23N3O2/c1-17(2)15(20)12-6-7-14(16-11-12)18-9-4-3-5-13(18)8-10-19/h6-7,11,13,19H,3-5,8-10H2,1-2H3. The van der Waals surface area contributed by atoms with E-state index in [2.05, 4.69) is 9.88 Å². The topological polar surface area (TPSA) is 56.7 Å². The lowest BCUT2D eigenvalue weighted by Gasteiger charge is -2.36. The summed E-state index contributed by atoms with van der Waals surface area (Å²) >= 11 is 0. The monoisotopic (exact) mass is 277 g/mol. The van der Waals surface area contributed by atoms with Crippen LogP contribution in [0.25, 0.3) is 0 Å². The largest absolute Gasteiger partial charge is 0.396 e. The fraction of sp³-hybridized carbons (Fsp3) is 0.600. The van der Waals surface area contributed by atoms with Gasteiger partial charge in [0.05, 0.1) is 5.56 Å². The summed E-state index contributed by atoms with van der Waals surface area (Å²) in [4.78, 5) is 20.1. The van der Waals surface area contributed by atoms with Crippen LogP contribution in [0.2, 0.25) is 0 Å². The van der Waals surface area contributed by atoms with E-state index in [0.717, 1.165) is 31.6 Å².